The van der Waals surface area contributed by atoms with Crippen molar-refractivity contribution >= 4 is 6.01 Å². The molecule has 6 nitrogen and oxygen atoms in total. The lowest BCUT2D eigenvalue weighted by Gasteiger charge is -2.24. The summed E-state index contributed by atoms with van der Waals surface area (Å²) in [5, 5.41) is 15.5. The summed E-state index contributed by atoms with van der Waals surface area (Å²) in [4.78, 5) is 0. The number of nitrogens with one attached hydrogen (secondary N) is 1. The molecule has 2 heterocycles. The lowest BCUT2D eigenvalue weighted by atomic mass is 9.85. The van der Waals surface area contributed by atoms with Gasteiger partial charge < -0.3 is 9.73 Å². The first kappa shape index (κ1) is 11.3. The van der Waals surface area contributed by atoms with E-state index in [1.54, 1.807) is 4.68 Å². The first-order valence-corrected chi connectivity index (χ1v) is 6.31. The number of anilines is 1. The third kappa shape index (κ3) is 2.10. The Hall–Kier alpha value is -1.85. The average molecular weight is 247 g/mol. The molecule has 1 aliphatic carbocycles. The second-order valence-electron chi connectivity index (χ2n) is 4.88. The first-order valence-electron chi connectivity index (χ1n) is 6.31. The van der Waals surface area contributed by atoms with Crippen molar-refractivity contribution in [3.8, 4) is 11.6 Å². The number of nitrogens with zero attached hydrogens (tertiary/aromatic N) is 4. The van der Waals surface area contributed by atoms with Gasteiger partial charge in [0, 0.05) is 19.3 Å². The lowest BCUT2D eigenvalue weighted by molar-refractivity contribution is 0.331. The Labute approximate surface area is 105 Å². The molecule has 0 aliphatic heterocycles. The molecule has 18 heavy (non-hydrogen) atoms. The molecule has 0 aromatic carbocycles. The highest BCUT2D eigenvalue weighted by atomic mass is 16.4. The van der Waals surface area contributed by atoms with Gasteiger partial charge in [-0.2, -0.15) is 5.10 Å². The van der Waals surface area contributed by atoms with E-state index in [2.05, 4.69) is 20.6 Å². The smallest absolute Gasteiger partial charge is 0.315 e. The number of hydrogen-bond donors (Lipinski definition) is 1. The maximum atomic E-state index is 5.55. The van der Waals surface area contributed by atoms with Crippen molar-refractivity contribution in [1.82, 2.24) is 20.0 Å². The molecule has 0 saturated heterocycles. The van der Waals surface area contributed by atoms with Gasteiger partial charge in [-0.1, -0.05) is 11.5 Å². The zero-order chi connectivity index (χ0) is 12.5. The summed E-state index contributed by atoms with van der Waals surface area (Å²) in [6.07, 6.45) is 3.94. The van der Waals surface area contributed by atoms with Gasteiger partial charge >= 0.3 is 6.01 Å². The normalized spacial score (nSPS) is 15.7. The molecule has 0 atom stereocenters. The summed E-state index contributed by atoms with van der Waals surface area (Å²) in [5.74, 6) is 1.23. The van der Waals surface area contributed by atoms with Crippen LogP contribution in [-0.2, 0) is 7.05 Å². The fourth-order valence-corrected chi connectivity index (χ4v) is 1.99. The molecule has 96 valence electrons. The highest BCUT2D eigenvalue weighted by Crippen LogP contribution is 2.26. The molecule has 2 aromatic heterocycles. The molecular formula is C12H17N5O. The monoisotopic (exact) mass is 247 g/mol. The molecule has 0 radical (unpaired) electrons. The number of aromatic nitrogens is 4. The second kappa shape index (κ2) is 4.44. The van der Waals surface area contributed by atoms with Gasteiger partial charge in [-0.25, -0.2) is 0 Å². The molecule has 0 amide bonds. The number of rotatable bonds is 4. The topological polar surface area (TPSA) is 68.8 Å². The Bertz CT molecular complexity index is 521. The number of aryl methyl sites for hydroxylation is 2. The van der Waals surface area contributed by atoms with E-state index in [4.69, 9.17) is 4.42 Å². The Morgan fingerprint density at radius 3 is 2.89 bits per heavy atom. The molecule has 0 spiro atoms. The Balaban J connectivity index is 1.68. The van der Waals surface area contributed by atoms with Crippen molar-refractivity contribution in [2.24, 2.45) is 13.0 Å². The summed E-state index contributed by atoms with van der Waals surface area (Å²) < 4.78 is 7.34. The molecule has 3 rings (SSSR count). The molecule has 0 bridgehead atoms. The first-order chi connectivity index (χ1) is 8.72. The van der Waals surface area contributed by atoms with Crippen LogP contribution in [0.15, 0.2) is 10.5 Å². The molecule has 1 fully saturated rings. The van der Waals surface area contributed by atoms with Crippen LogP contribution in [0.4, 0.5) is 6.01 Å². The van der Waals surface area contributed by atoms with Crippen molar-refractivity contribution in [2.45, 2.75) is 26.2 Å². The van der Waals surface area contributed by atoms with Gasteiger partial charge in [-0.05, 0) is 31.7 Å². The third-order valence-corrected chi connectivity index (χ3v) is 3.52. The lowest BCUT2D eigenvalue weighted by Crippen LogP contribution is -2.20. The van der Waals surface area contributed by atoms with Crippen LogP contribution in [0.3, 0.4) is 0 Å². The second-order valence-corrected chi connectivity index (χ2v) is 4.88. The SMILES string of the molecule is Cc1cc(-c2nnc(NCC3CCC3)o2)nn1C. The van der Waals surface area contributed by atoms with E-state index in [-0.39, 0.29) is 0 Å². The van der Waals surface area contributed by atoms with Gasteiger partial charge in [0.15, 0.2) is 0 Å². The van der Waals surface area contributed by atoms with Gasteiger partial charge in [0.25, 0.3) is 5.89 Å². The van der Waals surface area contributed by atoms with E-state index in [0.717, 1.165) is 23.9 Å². The van der Waals surface area contributed by atoms with Gasteiger partial charge in [0.1, 0.15) is 5.69 Å². The quantitative estimate of drug-likeness (QED) is 0.894. The fourth-order valence-electron chi connectivity index (χ4n) is 1.99. The van der Waals surface area contributed by atoms with Crippen LogP contribution in [0.2, 0.25) is 0 Å². The predicted octanol–water partition coefficient (Wildman–Crippen LogP) is 1.99. The highest BCUT2D eigenvalue weighted by Gasteiger charge is 2.18. The Morgan fingerprint density at radius 2 is 2.28 bits per heavy atom. The van der Waals surface area contributed by atoms with Crippen LogP contribution in [0, 0.1) is 12.8 Å². The third-order valence-electron chi connectivity index (χ3n) is 3.52. The zero-order valence-corrected chi connectivity index (χ0v) is 10.7. The van der Waals surface area contributed by atoms with Crippen LogP contribution >= 0.6 is 0 Å². The molecule has 0 unspecified atom stereocenters. The van der Waals surface area contributed by atoms with Crippen LogP contribution < -0.4 is 5.32 Å². The van der Waals surface area contributed by atoms with Crippen LogP contribution in [0.1, 0.15) is 25.0 Å². The van der Waals surface area contributed by atoms with Crippen molar-refractivity contribution in [1.29, 1.82) is 0 Å². The molecule has 6 heteroatoms. The molecule has 1 aliphatic rings. The summed E-state index contributed by atoms with van der Waals surface area (Å²) in [6, 6.07) is 2.42. The maximum Gasteiger partial charge on any atom is 0.315 e. The van der Waals surface area contributed by atoms with Gasteiger partial charge in [-0.15, -0.1) is 5.10 Å². The molecule has 1 saturated carbocycles. The standard InChI is InChI=1S/C12H17N5O/c1-8-6-10(16-17(8)2)11-14-15-12(18-11)13-7-9-4-3-5-9/h6,9H,3-5,7H2,1-2H3,(H,13,15). The summed E-state index contributed by atoms with van der Waals surface area (Å²) in [5.41, 5.74) is 1.78. The van der Waals surface area contributed by atoms with E-state index < -0.39 is 0 Å². The minimum atomic E-state index is 0.467. The van der Waals surface area contributed by atoms with Gasteiger partial charge in [0.2, 0.25) is 0 Å². The van der Waals surface area contributed by atoms with Crippen LogP contribution in [0.25, 0.3) is 11.6 Å². The largest absolute Gasteiger partial charge is 0.402 e. The minimum absolute atomic E-state index is 0.467. The van der Waals surface area contributed by atoms with E-state index in [0.29, 0.717) is 11.9 Å². The molecule has 2 aromatic rings. The molecular weight excluding hydrogens is 230 g/mol. The maximum absolute atomic E-state index is 5.55. The minimum Gasteiger partial charge on any atom is -0.402 e. The highest BCUT2D eigenvalue weighted by molar-refractivity contribution is 5.47. The fraction of sp³-hybridized carbons (Fsp3) is 0.583. The summed E-state index contributed by atoms with van der Waals surface area (Å²) >= 11 is 0. The van der Waals surface area contributed by atoms with Crippen LogP contribution in [-0.4, -0.2) is 26.5 Å². The van der Waals surface area contributed by atoms with Crippen molar-refractivity contribution < 1.29 is 4.42 Å². The van der Waals surface area contributed by atoms with E-state index >= 15 is 0 Å². The van der Waals surface area contributed by atoms with Gasteiger partial charge in [-0.3, -0.25) is 4.68 Å². The van der Waals surface area contributed by atoms with Crippen LogP contribution in [0.5, 0.6) is 0 Å². The van der Waals surface area contributed by atoms with Crippen molar-refractivity contribution in [3.05, 3.63) is 11.8 Å². The predicted molar refractivity (Wildman–Crippen MR) is 67.1 cm³/mol. The van der Waals surface area contributed by atoms with E-state index in [1.807, 2.05) is 20.0 Å². The van der Waals surface area contributed by atoms with Crippen molar-refractivity contribution in [3.63, 3.8) is 0 Å². The van der Waals surface area contributed by atoms with Gasteiger partial charge in [0.05, 0.1) is 0 Å². The van der Waals surface area contributed by atoms with E-state index in [9.17, 15) is 0 Å². The number of hydrogen-bond acceptors (Lipinski definition) is 5. The summed E-state index contributed by atoms with van der Waals surface area (Å²) in [6.45, 7) is 2.91. The zero-order valence-electron chi connectivity index (χ0n) is 10.7. The van der Waals surface area contributed by atoms with E-state index in [1.165, 1.54) is 19.3 Å². The molecule has 1 N–H and O–H groups in total. The average Bonchev–Trinajstić information content (AvgIpc) is 2.85. The van der Waals surface area contributed by atoms with Crippen molar-refractivity contribution in [2.75, 3.05) is 11.9 Å². The summed E-state index contributed by atoms with van der Waals surface area (Å²) in [7, 11) is 1.89. The Morgan fingerprint density at radius 1 is 1.44 bits per heavy atom. The Kier molecular flexibility index (Phi) is 2.77.